The van der Waals surface area contributed by atoms with E-state index in [0.717, 1.165) is 44.9 Å². The summed E-state index contributed by atoms with van der Waals surface area (Å²) >= 11 is 0. The van der Waals surface area contributed by atoms with E-state index in [1.807, 2.05) is 0 Å². The van der Waals surface area contributed by atoms with Gasteiger partial charge in [0.2, 0.25) is 0 Å². The zero-order valence-electron chi connectivity index (χ0n) is 36.4. The Balaban J connectivity index is 2.32. The number of phosphoric acid groups is 1. The Kier molecular flexibility index (Phi) is 33.5. The van der Waals surface area contributed by atoms with Crippen molar-refractivity contribution in [2.45, 2.75) is 256 Å². The van der Waals surface area contributed by atoms with Crippen LogP contribution in [0.25, 0.3) is 0 Å². The van der Waals surface area contributed by atoms with Crippen LogP contribution in [0.2, 0.25) is 0 Å². The van der Waals surface area contributed by atoms with E-state index in [1.165, 1.54) is 128 Å². The number of aliphatic hydroxyl groups is 5. The van der Waals surface area contributed by atoms with Gasteiger partial charge in [-0.2, -0.15) is 0 Å². The van der Waals surface area contributed by atoms with Crippen LogP contribution in [-0.2, 0) is 32.7 Å². The molecule has 0 amide bonds. The number of aliphatic hydroxyl groups excluding tert-OH is 5. The van der Waals surface area contributed by atoms with Gasteiger partial charge in [0.25, 0.3) is 0 Å². The van der Waals surface area contributed by atoms with E-state index in [1.54, 1.807) is 0 Å². The number of hydrogen-bond donors (Lipinski definition) is 6. The minimum atomic E-state index is -5.10. The van der Waals surface area contributed by atoms with Gasteiger partial charge in [-0.25, -0.2) is 4.57 Å². The molecule has 13 nitrogen and oxygen atoms in total. The van der Waals surface area contributed by atoms with Crippen LogP contribution in [0, 0.1) is 0 Å². The Morgan fingerprint density at radius 1 is 0.466 bits per heavy atom. The summed E-state index contributed by atoms with van der Waals surface area (Å²) in [6.07, 6.45) is 22.0. The van der Waals surface area contributed by atoms with Gasteiger partial charge in [-0.3, -0.25) is 18.6 Å². The van der Waals surface area contributed by atoms with Crippen molar-refractivity contribution in [2.24, 2.45) is 0 Å². The van der Waals surface area contributed by atoms with Crippen LogP contribution in [0.15, 0.2) is 0 Å². The lowest BCUT2D eigenvalue weighted by Gasteiger charge is -2.41. The first-order chi connectivity index (χ1) is 27.9. The molecule has 0 aromatic carbocycles. The van der Waals surface area contributed by atoms with Gasteiger partial charge in [0.15, 0.2) is 6.10 Å². The lowest BCUT2D eigenvalue weighted by molar-refractivity contribution is -0.220. The lowest BCUT2D eigenvalue weighted by atomic mass is 9.85. The molecule has 1 fully saturated rings. The van der Waals surface area contributed by atoms with Crippen molar-refractivity contribution in [3.63, 3.8) is 0 Å². The highest BCUT2D eigenvalue weighted by atomic mass is 31.2. The second-order valence-corrected chi connectivity index (χ2v) is 18.0. The van der Waals surface area contributed by atoms with E-state index < -0.39 is 75.7 Å². The Morgan fingerprint density at radius 3 is 1.14 bits per heavy atom. The van der Waals surface area contributed by atoms with E-state index in [0.29, 0.717) is 12.8 Å². The standard InChI is InChI=1S/C44H85O13P/c1-3-5-7-9-11-13-14-15-16-17-18-19-20-21-22-23-24-25-27-28-30-32-37(45)54-34-36(56-38(46)33-31-29-26-12-10-8-6-4-2)35-55-58(52,53)57-44-42(50)40(48)39(47)41(49)43(44)51/h36,39-44,47-51H,3-35H2,1-2H3,(H,52,53)/t36-,39?,40-,41?,42?,43?,44?/m0/s1. The summed E-state index contributed by atoms with van der Waals surface area (Å²) < 4.78 is 33.4. The fourth-order valence-electron chi connectivity index (χ4n) is 7.41. The largest absolute Gasteiger partial charge is 0.472 e. The molecule has 8 atom stereocenters. The zero-order chi connectivity index (χ0) is 42.9. The fraction of sp³-hybridized carbons (Fsp3) is 0.955. The van der Waals surface area contributed by atoms with E-state index in [-0.39, 0.29) is 12.8 Å². The minimum absolute atomic E-state index is 0.102. The summed E-state index contributed by atoms with van der Waals surface area (Å²) in [5.41, 5.74) is 0. The molecular formula is C44H85O13P. The molecule has 58 heavy (non-hydrogen) atoms. The van der Waals surface area contributed by atoms with Crippen LogP contribution in [0.3, 0.4) is 0 Å². The maximum atomic E-state index is 12.8. The first-order valence-corrected chi connectivity index (χ1v) is 24.8. The number of carbonyl (C=O) groups is 2. The number of rotatable bonds is 39. The number of phosphoric ester groups is 1. The third-order valence-corrected chi connectivity index (χ3v) is 12.2. The Hall–Kier alpha value is -1.15. The minimum Gasteiger partial charge on any atom is -0.462 e. The van der Waals surface area contributed by atoms with Gasteiger partial charge in [0.05, 0.1) is 6.61 Å². The SMILES string of the molecule is CCCCCCCCCCCCCCCCCCCCCCCC(=O)OC[C@@H](COP(=O)(O)OC1C(O)C(O)C(O)[C@H](O)C1O)OC(=O)CCCCCCCCCC. The van der Waals surface area contributed by atoms with Crippen molar-refractivity contribution in [1.29, 1.82) is 0 Å². The highest BCUT2D eigenvalue weighted by molar-refractivity contribution is 7.47. The molecule has 344 valence electrons. The third kappa shape index (κ3) is 27.6. The van der Waals surface area contributed by atoms with Gasteiger partial charge >= 0.3 is 19.8 Å². The number of hydrogen-bond acceptors (Lipinski definition) is 12. The van der Waals surface area contributed by atoms with E-state index in [4.69, 9.17) is 18.5 Å². The molecule has 0 aliphatic heterocycles. The van der Waals surface area contributed by atoms with Gasteiger partial charge in [0.1, 0.15) is 43.2 Å². The van der Waals surface area contributed by atoms with E-state index >= 15 is 0 Å². The summed E-state index contributed by atoms with van der Waals surface area (Å²) in [5, 5.41) is 50.0. The van der Waals surface area contributed by atoms with Gasteiger partial charge in [-0.1, -0.05) is 187 Å². The molecule has 0 saturated heterocycles. The summed E-state index contributed by atoms with van der Waals surface area (Å²) in [7, 11) is -5.10. The Bertz CT molecular complexity index is 1030. The van der Waals surface area contributed by atoms with Crippen molar-refractivity contribution < 1.29 is 63.1 Å². The normalized spacial score (nSPS) is 22.4. The molecule has 6 unspecified atom stereocenters. The predicted octanol–water partition coefficient (Wildman–Crippen LogP) is 8.89. The van der Waals surface area contributed by atoms with Crippen LogP contribution in [0.5, 0.6) is 0 Å². The average molecular weight is 853 g/mol. The van der Waals surface area contributed by atoms with E-state index in [2.05, 4.69) is 13.8 Å². The van der Waals surface area contributed by atoms with Gasteiger partial charge < -0.3 is 39.9 Å². The maximum absolute atomic E-state index is 12.8. The molecule has 0 aromatic rings. The van der Waals surface area contributed by atoms with Crippen LogP contribution >= 0.6 is 7.82 Å². The van der Waals surface area contributed by atoms with Crippen LogP contribution in [-0.4, -0.2) is 98.3 Å². The molecule has 0 heterocycles. The van der Waals surface area contributed by atoms with Gasteiger partial charge in [0, 0.05) is 12.8 Å². The van der Waals surface area contributed by atoms with Gasteiger partial charge in [-0.05, 0) is 12.8 Å². The smallest absolute Gasteiger partial charge is 0.462 e. The molecule has 6 N–H and O–H groups in total. The molecule has 1 saturated carbocycles. The average Bonchev–Trinajstić information content (AvgIpc) is 3.20. The zero-order valence-corrected chi connectivity index (χ0v) is 37.3. The highest BCUT2D eigenvalue weighted by Crippen LogP contribution is 2.47. The van der Waals surface area contributed by atoms with Crippen LogP contribution < -0.4 is 0 Å². The second kappa shape index (κ2) is 35.4. The molecule has 14 heteroatoms. The van der Waals surface area contributed by atoms with Crippen molar-refractivity contribution in [3.05, 3.63) is 0 Å². The number of ether oxygens (including phenoxy) is 2. The summed E-state index contributed by atoms with van der Waals surface area (Å²) in [4.78, 5) is 35.5. The van der Waals surface area contributed by atoms with Crippen molar-refractivity contribution in [1.82, 2.24) is 0 Å². The molecule has 1 aliphatic carbocycles. The summed E-state index contributed by atoms with van der Waals surface area (Å²) in [5.74, 6) is -1.09. The van der Waals surface area contributed by atoms with Crippen molar-refractivity contribution in [2.75, 3.05) is 13.2 Å². The van der Waals surface area contributed by atoms with Crippen molar-refractivity contribution >= 4 is 19.8 Å². The molecule has 1 rings (SSSR count). The molecule has 0 spiro atoms. The van der Waals surface area contributed by atoms with Crippen molar-refractivity contribution in [3.8, 4) is 0 Å². The Morgan fingerprint density at radius 2 is 0.776 bits per heavy atom. The summed E-state index contributed by atoms with van der Waals surface area (Å²) in [6.45, 7) is 3.27. The fourth-order valence-corrected chi connectivity index (χ4v) is 8.38. The maximum Gasteiger partial charge on any atom is 0.472 e. The van der Waals surface area contributed by atoms with Gasteiger partial charge in [-0.15, -0.1) is 0 Å². The first-order valence-electron chi connectivity index (χ1n) is 23.3. The van der Waals surface area contributed by atoms with E-state index in [9.17, 15) is 44.6 Å². The molecule has 0 radical (unpaired) electrons. The Labute approximate surface area is 351 Å². The topological polar surface area (TPSA) is 210 Å². The molecular weight excluding hydrogens is 767 g/mol. The third-order valence-electron chi connectivity index (χ3n) is 11.2. The second-order valence-electron chi connectivity index (χ2n) is 16.6. The first kappa shape index (κ1) is 54.9. The molecule has 0 aromatic heterocycles. The monoisotopic (exact) mass is 853 g/mol. The number of unbranched alkanes of at least 4 members (excludes halogenated alkanes) is 27. The lowest BCUT2D eigenvalue weighted by Crippen LogP contribution is -2.64. The highest BCUT2D eigenvalue weighted by Gasteiger charge is 2.51. The van der Waals surface area contributed by atoms with Crippen LogP contribution in [0.4, 0.5) is 0 Å². The quantitative estimate of drug-likeness (QED) is 0.0194. The summed E-state index contributed by atoms with van der Waals surface area (Å²) in [6, 6.07) is 0. The molecule has 1 aliphatic rings. The predicted molar refractivity (Wildman–Crippen MR) is 226 cm³/mol. The molecule has 0 bridgehead atoms. The van der Waals surface area contributed by atoms with Crippen LogP contribution in [0.1, 0.15) is 213 Å². The number of esters is 2. The number of carbonyl (C=O) groups excluding carboxylic acids is 2.